The molecule has 1 aliphatic rings. The van der Waals surface area contributed by atoms with Gasteiger partial charge in [0.15, 0.2) is 0 Å². The van der Waals surface area contributed by atoms with Gasteiger partial charge in [-0.15, -0.1) is 0 Å². The van der Waals surface area contributed by atoms with Gasteiger partial charge in [-0.1, -0.05) is 23.7 Å². The van der Waals surface area contributed by atoms with Crippen LogP contribution in [-0.2, 0) is 4.74 Å². The zero-order valence-corrected chi connectivity index (χ0v) is 10.1. The van der Waals surface area contributed by atoms with E-state index in [0.29, 0.717) is 0 Å². The van der Waals surface area contributed by atoms with Gasteiger partial charge in [-0.05, 0) is 37.0 Å². The lowest BCUT2D eigenvalue weighted by Crippen LogP contribution is -2.36. The molecule has 2 unspecified atom stereocenters. The highest BCUT2D eigenvalue weighted by Gasteiger charge is 2.26. The second-order valence-electron chi connectivity index (χ2n) is 4.20. The van der Waals surface area contributed by atoms with Gasteiger partial charge in [0, 0.05) is 11.6 Å². The molecular formula is C12H17ClN2O. The Hall–Kier alpha value is -0.610. The molecule has 1 heterocycles. The molecule has 0 bridgehead atoms. The molecule has 16 heavy (non-hydrogen) atoms. The summed E-state index contributed by atoms with van der Waals surface area (Å²) in [5, 5.41) is 0.774. The maximum atomic E-state index is 6.11. The second-order valence-corrected chi connectivity index (χ2v) is 4.61. The fourth-order valence-electron chi connectivity index (χ4n) is 2.09. The number of nitrogens with two attached hydrogens (primary N) is 1. The van der Waals surface area contributed by atoms with Crippen LogP contribution in [0.1, 0.15) is 30.0 Å². The molecule has 4 heteroatoms. The van der Waals surface area contributed by atoms with Gasteiger partial charge in [0.25, 0.3) is 0 Å². The van der Waals surface area contributed by atoms with Gasteiger partial charge in [-0.25, -0.2) is 0 Å². The molecule has 88 valence electrons. The number of benzene rings is 1. The molecule has 0 saturated carbocycles. The van der Waals surface area contributed by atoms with Crippen molar-refractivity contribution in [1.82, 2.24) is 5.43 Å². The molecule has 3 nitrogen and oxygen atoms in total. The summed E-state index contributed by atoms with van der Waals surface area (Å²) in [6.07, 6.45) is 2.30. The third kappa shape index (κ3) is 2.38. The van der Waals surface area contributed by atoms with Crippen LogP contribution in [0.15, 0.2) is 18.2 Å². The fourth-order valence-corrected chi connectivity index (χ4v) is 2.28. The Bertz CT molecular complexity index is 364. The van der Waals surface area contributed by atoms with Gasteiger partial charge in [-0.3, -0.25) is 11.3 Å². The molecule has 0 aromatic heterocycles. The summed E-state index contributed by atoms with van der Waals surface area (Å²) in [7, 11) is 0. The van der Waals surface area contributed by atoms with E-state index in [2.05, 4.69) is 5.43 Å². The first-order chi connectivity index (χ1) is 7.72. The van der Waals surface area contributed by atoms with Crippen molar-refractivity contribution in [3.8, 4) is 0 Å². The van der Waals surface area contributed by atoms with E-state index in [1.807, 2.05) is 25.1 Å². The Morgan fingerprint density at radius 1 is 1.56 bits per heavy atom. The average Bonchev–Trinajstić information content (AvgIpc) is 2.78. The van der Waals surface area contributed by atoms with Crippen molar-refractivity contribution in [3.05, 3.63) is 34.3 Å². The van der Waals surface area contributed by atoms with Gasteiger partial charge in [0.2, 0.25) is 0 Å². The largest absolute Gasteiger partial charge is 0.376 e. The van der Waals surface area contributed by atoms with E-state index in [1.165, 1.54) is 0 Å². The van der Waals surface area contributed by atoms with Crippen LogP contribution in [0.4, 0.5) is 0 Å². The molecule has 0 radical (unpaired) electrons. The van der Waals surface area contributed by atoms with Gasteiger partial charge < -0.3 is 4.74 Å². The lowest BCUT2D eigenvalue weighted by atomic mass is 9.99. The summed E-state index contributed by atoms with van der Waals surface area (Å²) in [4.78, 5) is 0. The van der Waals surface area contributed by atoms with E-state index in [-0.39, 0.29) is 12.1 Å². The van der Waals surface area contributed by atoms with E-state index in [1.54, 1.807) is 0 Å². The second kappa shape index (κ2) is 5.15. The lowest BCUT2D eigenvalue weighted by molar-refractivity contribution is 0.0783. The normalized spacial score (nSPS) is 22.3. The third-order valence-electron chi connectivity index (χ3n) is 3.07. The zero-order chi connectivity index (χ0) is 11.5. The smallest absolute Gasteiger partial charge is 0.0783 e. The molecule has 1 fully saturated rings. The maximum absolute atomic E-state index is 6.11. The maximum Gasteiger partial charge on any atom is 0.0783 e. The predicted octanol–water partition coefficient (Wildman–Crippen LogP) is 2.33. The molecule has 1 aliphatic heterocycles. The summed E-state index contributed by atoms with van der Waals surface area (Å²) in [6.45, 7) is 2.81. The minimum atomic E-state index is 0.0283. The van der Waals surface area contributed by atoms with Crippen LogP contribution in [-0.4, -0.2) is 12.7 Å². The first-order valence-corrected chi connectivity index (χ1v) is 5.94. The molecule has 2 atom stereocenters. The number of ether oxygens (including phenoxy) is 1. The van der Waals surface area contributed by atoms with E-state index in [0.717, 1.165) is 35.6 Å². The first kappa shape index (κ1) is 11.9. The Morgan fingerprint density at radius 2 is 2.38 bits per heavy atom. The Balaban J connectivity index is 2.22. The van der Waals surface area contributed by atoms with Crippen molar-refractivity contribution in [3.63, 3.8) is 0 Å². The highest BCUT2D eigenvalue weighted by molar-refractivity contribution is 6.31. The van der Waals surface area contributed by atoms with Crippen LogP contribution < -0.4 is 11.3 Å². The van der Waals surface area contributed by atoms with Gasteiger partial charge in [0.1, 0.15) is 0 Å². The molecular weight excluding hydrogens is 224 g/mol. The van der Waals surface area contributed by atoms with E-state index >= 15 is 0 Å². The molecule has 3 N–H and O–H groups in total. The van der Waals surface area contributed by atoms with Crippen molar-refractivity contribution in [1.29, 1.82) is 0 Å². The monoisotopic (exact) mass is 240 g/mol. The summed E-state index contributed by atoms with van der Waals surface area (Å²) in [6, 6.07) is 6.05. The number of hydrogen-bond acceptors (Lipinski definition) is 3. The van der Waals surface area contributed by atoms with E-state index in [9.17, 15) is 0 Å². The SMILES string of the molecule is Cc1ccc(C(NN)C2CCCO2)cc1Cl. The van der Waals surface area contributed by atoms with Crippen molar-refractivity contribution < 1.29 is 4.74 Å². The minimum absolute atomic E-state index is 0.0283. The van der Waals surface area contributed by atoms with Crippen molar-refractivity contribution >= 4 is 11.6 Å². The Kier molecular flexibility index (Phi) is 3.82. The Morgan fingerprint density at radius 3 is 2.94 bits per heavy atom. The molecule has 2 rings (SSSR count). The van der Waals surface area contributed by atoms with Crippen molar-refractivity contribution in [2.75, 3.05) is 6.61 Å². The number of halogens is 1. The van der Waals surface area contributed by atoms with Crippen LogP contribution in [0.2, 0.25) is 5.02 Å². The quantitative estimate of drug-likeness (QED) is 0.630. The number of aryl methyl sites for hydroxylation is 1. The third-order valence-corrected chi connectivity index (χ3v) is 3.48. The highest BCUT2D eigenvalue weighted by Crippen LogP contribution is 2.28. The number of nitrogens with one attached hydrogen (secondary N) is 1. The summed E-state index contributed by atoms with van der Waals surface area (Å²) < 4.78 is 5.64. The van der Waals surface area contributed by atoms with Crippen molar-refractivity contribution in [2.24, 2.45) is 5.84 Å². The van der Waals surface area contributed by atoms with E-state index < -0.39 is 0 Å². The zero-order valence-electron chi connectivity index (χ0n) is 9.37. The van der Waals surface area contributed by atoms with Gasteiger partial charge >= 0.3 is 0 Å². The van der Waals surface area contributed by atoms with Crippen LogP contribution in [0.3, 0.4) is 0 Å². The van der Waals surface area contributed by atoms with Crippen LogP contribution in [0, 0.1) is 6.92 Å². The highest BCUT2D eigenvalue weighted by atomic mass is 35.5. The number of hydrazine groups is 1. The molecule has 0 spiro atoms. The van der Waals surface area contributed by atoms with Crippen molar-refractivity contribution in [2.45, 2.75) is 31.9 Å². The fraction of sp³-hybridized carbons (Fsp3) is 0.500. The average molecular weight is 241 g/mol. The topological polar surface area (TPSA) is 47.3 Å². The van der Waals surface area contributed by atoms with E-state index in [4.69, 9.17) is 22.2 Å². The first-order valence-electron chi connectivity index (χ1n) is 5.56. The van der Waals surface area contributed by atoms with Crippen LogP contribution in [0.25, 0.3) is 0 Å². The van der Waals surface area contributed by atoms with Gasteiger partial charge in [0.05, 0.1) is 12.1 Å². The summed E-state index contributed by atoms with van der Waals surface area (Å²) in [5.41, 5.74) is 4.99. The Labute approximate surface area is 101 Å². The number of rotatable bonds is 3. The molecule has 0 aliphatic carbocycles. The van der Waals surface area contributed by atoms with Crippen LogP contribution in [0.5, 0.6) is 0 Å². The van der Waals surface area contributed by atoms with Crippen LogP contribution >= 0.6 is 11.6 Å². The number of hydrogen-bond donors (Lipinski definition) is 2. The summed E-state index contributed by atoms with van der Waals surface area (Å²) in [5.74, 6) is 5.60. The predicted molar refractivity (Wildman–Crippen MR) is 65.2 cm³/mol. The standard InChI is InChI=1S/C12H17ClN2O/c1-8-4-5-9(7-10(8)13)12(15-14)11-3-2-6-16-11/h4-5,7,11-12,15H,2-3,6,14H2,1H3. The lowest BCUT2D eigenvalue weighted by Gasteiger charge is -2.22. The molecule has 0 amide bonds. The minimum Gasteiger partial charge on any atom is -0.376 e. The molecule has 1 aromatic rings. The molecule has 1 aromatic carbocycles. The molecule has 1 saturated heterocycles. The van der Waals surface area contributed by atoms with Gasteiger partial charge in [-0.2, -0.15) is 0 Å². The summed E-state index contributed by atoms with van der Waals surface area (Å²) >= 11 is 6.11.